The molecular weight excluding hydrogens is 278 g/mol. The van der Waals surface area contributed by atoms with Gasteiger partial charge >= 0.3 is 0 Å². The molecule has 2 heteroatoms. The molecule has 21 heavy (non-hydrogen) atoms. The van der Waals surface area contributed by atoms with E-state index >= 15 is 0 Å². The molecule has 0 aliphatic heterocycles. The van der Waals surface area contributed by atoms with Crippen molar-refractivity contribution in [1.82, 2.24) is 5.32 Å². The molecule has 0 aliphatic rings. The van der Waals surface area contributed by atoms with Crippen molar-refractivity contribution in [3.05, 3.63) is 70.2 Å². The summed E-state index contributed by atoms with van der Waals surface area (Å²) in [5.74, 6) is 0.685. The molecule has 0 aromatic heterocycles. The van der Waals surface area contributed by atoms with E-state index in [1.54, 1.807) is 0 Å². The van der Waals surface area contributed by atoms with Gasteiger partial charge in [0.15, 0.2) is 0 Å². The van der Waals surface area contributed by atoms with Gasteiger partial charge in [0, 0.05) is 11.1 Å². The second-order valence-corrected chi connectivity index (χ2v) is 6.45. The highest BCUT2D eigenvalue weighted by molar-refractivity contribution is 6.30. The lowest BCUT2D eigenvalue weighted by Gasteiger charge is -2.18. The number of benzene rings is 2. The summed E-state index contributed by atoms with van der Waals surface area (Å²) < 4.78 is 0. The summed E-state index contributed by atoms with van der Waals surface area (Å²) in [6, 6.07) is 17.4. The van der Waals surface area contributed by atoms with Gasteiger partial charge in [-0.2, -0.15) is 0 Å². The average molecular weight is 302 g/mol. The Hall–Kier alpha value is -1.31. The van der Waals surface area contributed by atoms with Gasteiger partial charge in [-0.25, -0.2) is 0 Å². The van der Waals surface area contributed by atoms with E-state index < -0.39 is 0 Å². The summed E-state index contributed by atoms with van der Waals surface area (Å²) in [5.41, 5.74) is 4.07. The fraction of sp³-hybridized carbons (Fsp3) is 0.368. The Bertz CT molecular complexity index is 560. The summed E-state index contributed by atoms with van der Waals surface area (Å²) in [5, 5.41) is 4.22. The van der Waals surface area contributed by atoms with E-state index in [9.17, 15) is 0 Å². The van der Waals surface area contributed by atoms with E-state index in [1.807, 2.05) is 19.2 Å². The molecule has 0 bridgehead atoms. The van der Waals surface area contributed by atoms with Gasteiger partial charge < -0.3 is 5.32 Å². The highest BCUT2D eigenvalue weighted by atomic mass is 35.5. The first kappa shape index (κ1) is 16.1. The monoisotopic (exact) mass is 301 g/mol. The zero-order valence-electron chi connectivity index (χ0n) is 13.1. The molecule has 0 radical (unpaired) electrons. The Morgan fingerprint density at radius 1 is 0.952 bits per heavy atom. The van der Waals surface area contributed by atoms with Crippen LogP contribution < -0.4 is 5.32 Å². The first-order valence-electron chi connectivity index (χ1n) is 7.59. The molecule has 2 rings (SSSR count). The van der Waals surface area contributed by atoms with E-state index in [-0.39, 0.29) is 0 Å². The Balaban J connectivity index is 2.15. The van der Waals surface area contributed by atoms with Crippen LogP contribution in [0.15, 0.2) is 48.5 Å². The molecule has 0 saturated heterocycles. The smallest absolute Gasteiger partial charge is 0.0406 e. The maximum atomic E-state index is 5.95. The quantitative estimate of drug-likeness (QED) is 0.788. The minimum absolute atomic E-state index is 0.332. The number of likely N-dealkylation sites (N-methyl/N-ethyl adjacent to an activating group) is 1. The van der Waals surface area contributed by atoms with Crippen molar-refractivity contribution in [2.75, 3.05) is 7.05 Å². The lowest BCUT2D eigenvalue weighted by Crippen LogP contribution is -2.19. The first-order chi connectivity index (χ1) is 10.1. The molecular formula is C19H24ClN. The number of halogens is 1. The Labute approximate surface area is 133 Å². The predicted octanol–water partition coefficient (Wildman–Crippen LogP) is 5.04. The molecule has 1 nitrogen and oxygen atoms in total. The molecule has 0 aliphatic carbocycles. The molecule has 1 atom stereocenters. The SMILES string of the molecule is CNC(Cc1ccc(Cl)cc1)c1cccc(CC(C)C)c1. The predicted molar refractivity (Wildman–Crippen MR) is 91.9 cm³/mol. The topological polar surface area (TPSA) is 12.0 Å². The molecule has 1 N–H and O–H groups in total. The van der Waals surface area contributed by atoms with Gasteiger partial charge in [0.25, 0.3) is 0 Å². The van der Waals surface area contributed by atoms with Crippen LogP contribution in [0.4, 0.5) is 0 Å². The largest absolute Gasteiger partial charge is 0.313 e. The molecule has 0 amide bonds. The number of hydrogen-bond donors (Lipinski definition) is 1. The second kappa shape index (κ2) is 7.63. The molecule has 0 saturated carbocycles. The minimum atomic E-state index is 0.332. The van der Waals surface area contributed by atoms with Crippen molar-refractivity contribution in [1.29, 1.82) is 0 Å². The molecule has 1 unspecified atom stereocenters. The second-order valence-electron chi connectivity index (χ2n) is 6.01. The first-order valence-corrected chi connectivity index (χ1v) is 7.97. The Morgan fingerprint density at radius 3 is 2.29 bits per heavy atom. The van der Waals surface area contributed by atoms with Crippen LogP contribution in [0.2, 0.25) is 5.02 Å². The van der Waals surface area contributed by atoms with Crippen molar-refractivity contribution in [3.8, 4) is 0 Å². The van der Waals surface area contributed by atoms with Gasteiger partial charge in [0.1, 0.15) is 0 Å². The van der Waals surface area contributed by atoms with Crippen LogP contribution in [0.1, 0.15) is 36.6 Å². The third-order valence-corrected chi connectivity index (χ3v) is 3.95. The van der Waals surface area contributed by atoms with Crippen LogP contribution in [-0.2, 0) is 12.8 Å². The van der Waals surface area contributed by atoms with E-state index in [0.29, 0.717) is 12.0 Å². The zero-order chi connectivity index (χ0) is 15.2. The van der Waals surface area contributed by atoms with Gasteiger partial charge in [0.05, 0.1) is 0 Å². The van der Waals surface area contributed by atoms with E-state index in [0.717, 1.165) is 17.9 Å². The summed E-state index contributed by atoms with van der Waals surface area (Å²) in [7, 11) is 2.02. The molecule has 112 valence electrons. The molecule has 0 heterocycles. The molecule has 2 aromatic carbocycles. The van der Waals surface area contributed by atoms with Crippen LogP contribution in [-0.4, -0.2) is 7.05 Å². The van der Waals surface area contributed by atoms with Gasteiger partial charge in [-0.05, 0) is 54.6 Å². The normalized spacial score (nSPS) is 12.6. The summed E-state index contributed by atoms with van der Waals surface area (Å²) in [6.07, 6.45) is 2.10. The average Bonchev–Trinajstić information content (AvgIpc) is 2.46. The van der Waals surface area contributed by atoms with E-state index in [4.69, 9.17) is 11.6 Å². The van der Waals surface area contributed by atoms with Crippen LogP contribution in [0.5, 0.6) is 0 Å². The Kier molecular flexibility index (Phi) is 5.84. The van der Waals surface area contributed by atoms with Crippen LogP contribution in [0, 0.1) is 5.92 Å². The summed E-state index contributed by atoms with van der Waals surface area (Å²) >= 11 is 5.95. The Morgan fingerprint density at radius 2 is 1.67 bits per heavy atom. The summed E-state index contributed by atoms with van der Waals surface area (Å²) in [6.45, 7) is 4.52. The highest BCUT2D eigenvalue weighted by Crippen LogP contribution is 2.21. The van der Waals surface area contributed by atoms with Crippen molar-refractivity contribution in [2.45, 2.75) is 32.7 Å². The van der Waals surface area contributed by atoms with Gasteiger partial charge in [-0.1, -0.05) is 61.8 Å². The highest BCUT2D eigenvalue weighted by Gasteiger charge is 2.11. The van der Waals surface area contributed by atoms with Gasteiger partial charge in [0.2, 0.25) is 0 Å². The van der Waals surface area contributed by atoms with Crippen LogP contribution in [0.3, 0.4) is 0 Å². The third kappa shape index (κ3) is 4.87. The minimum Gasteiger partial charge on any atom is -0.313 e. The van der Waals surface area contributed by atoms with Gasteiger partial charge in [-0.3, -0.25) is 0 Å². The number of hydrogen-bond acceptors (Lipinski definition) is 1. The maximum absolute atomic E-state index is 5.95. The van der Waals surface area contributed by atoms with Crippen molar-refractivity contribution in [2.24, 2.45) is 5.92 Å². The fourth-order valence-electron chi connectivity index (χ4n) is 2.65. The third-order valence-electron chi connectivity index (χ3n) is 3.70. The molecule has 0 spiro atoms. The van der Waals surface area contributed by atoms with Crippen molar-refractivity contribution < 1.29 is 0 Å². The zero-order valence-corrected chi connectivity index (χ0v) is 13.8. The van der Waals surface area contributed by atoms with Crippen molar-refractivity contribution >= 4 is 11.6 Å². The molecule has 0 fully saturated rings. The number of nitrogens with one attached hydrogen (secondary N) is 1. The molecule has 2 aromatic rings. The van der Waals surface area contributed by atoms with Crippen molar-refractivity contribution in [3.63, 3.8) is 0 Å². The maximum Gasteiger partial charge on any atom is 0.0406 e. The van der Waals surface area contributed by atoms with Crippen LogP contribution >= 0.6 is 11.6 Å². The van der Waals surface area contributed by atoms with E-state index in [1.165, 1.54) is 16.7 Å². The number of rotatable bonds is 6. The fourth-order valence-corrected chi connectivity index (χ4v) is 2.78. The summed E-state index contributed by atoms with van der Waals surface area (Å²) in [4.78, 5) is 0. The van der Waals surface area contributed by atoms with Gasteiger partial charge in [-0.15, -0.1) is 0 Å². The van der Waals surface area contributed by atoms with E-state index in [2.05, 4.69) is 55.6 Å². The van der Waals surface area contributed by atoms with Crippen LogP contribution in [0.25, 0.3) is 0 Å². The lowest BCUT2D eigenvalue weighted by atomic mass is 9.95. The lowest BCUT2D eigenvalue weighted by molar-refractivity contribution is 0.589. The standard InChI is InChI=1S/C19H24ClN/c1-14(2)11-16-5-4-6-17(12-16)19(21-3)13-15-7-9-18(20)10-8-15/h4-10,12,14,19,21H,11,13H2,1-3H3.